The van der Waals surface area contributed by atoms with Gasteiger partial charge in [-0.15, -0.1) is 0 Å². The first-order chi connectivity index (χ1) is 14.7. The molecule has 0 fully saturated rings. The predicted octanol–water partition coefficient (Wildman–Crippen LogP) is 4.63. The molecule has 3 aromatic rings. The molecule has 0 radical (unpaired) electrons. The molecule has 6 nitrogen and oxygen atoms in total. The number of carbonyl (C=O) groups is 1. The molecular formula is C24H26N4O2. The molecule has 0 aliphatic heterocycles. The average Bonchev–Trinajstić information content (AvgIpc) is 3.29. The minimum Gasteiger partial charge on any atom is -0.476 e. The molecule has 0 bridgehead atoms. The van der Waals surface area contributed by atoms with Gasteiger partial charge >= 0.3 is 0 Å². The zero-order valence-corrected chi connectivity index (χ0v) is 17.2. The molecule has 2 aromatic heterocycles. The number of anilines is 1. The monoisotopic (exact) mass is 402 g/mol. The SMILES string of the molecule is Cc1ccc(C2=C(C(=O)Nc3ccc(OCCn4cccn4)nc3)CCCC2)cc1. The van der Waals surface area contributed by atoms with Crippen molar-refractivity contribution in [1.82, 2.24) is 14.8 Å². The topological polar surface area (TPSA) is 69.0 Å². The quantitative estimate of drug-likeness (QED) is 0.625. The lowest BCUT2D eigenvalue weighted by Crippen LogP contribution is -2.18. The highest BCUT2D eigenvalue weighted by molar-refractivity contribution is 6.09. The van der Waals surface area contributed by atoms with E-state index in [0.717, 1.165) is 42.4 Å². The summed E-state index contributed by atoms with van der Waals surface area (Å²) >= 11 is 0. The lowest BCUT2D eigenvalue weighted by atomic mass is 9.86. The van der Waals surface area contributed by atoms with E-state index in [0.29, 0.717) is 24.7 Å². The van der Waals surface area contributed by atoms with Crippen molar-refractivity contribution in [3.8, 4) is 5.88 Å². The Bertz CT molecular complexity index is 1010. The Balaban J connectivity index is 1.40. The van der Waals surface area contributed by atoms with Crippen molar-refractivity contribution in [3.63, 3.8) is 0 Å². The largest absolute Gasteiger partial charge is 0.476 e. The summed E-state index contributed by atoms with van der Waals surface area (Å²) in [6, 6.07) is 13.9. The smallest absolute Gasteiger partial charge is 0.251 e. The molecule has 0 spiro atoms. The minimum absolute atomic E-state index is 0.0422. The first kappa shape index (κ1) is 19.9. The number of nitrogens with zero attached hydrogens (tertiary/aromatic N) is 3. The molecule has 6 heteroatoms. The number of hydrogen-bond donors (Lipinski definition) is 1. The van der Waals surface area contributed by atoms with Gasteiger partial charge in [0.1, 0.15) is 6.61 Å². The van der Waals surface area contributed by atoms with Crippen LogP contribution in [-0.4, -0.2) is 27.3 Å². The fourth-order valence-corrected chi connectivity index (χ4v) is 3.65. The highest BCUT2D eigenvalue weighted by atomic mass is 16.5. The van der Waals surface area contributed by atoms with E-state index in [9.17, 15) is 4.79 Å². The number of aromatic nitrogens is 3. The van der Waals surface area contributed by atoms with Crippen LogP contribution in [-0.2, 0) is 11.3 Å². The first-order valence-corrected chi connectivity index (χ1v) is 10.4. The highest BCUT2D eigenvalue weighted by Gasteiger charge is 2.20. The summed E-state index contributed by atoms with van der Waals surface area (Å²) in [6.07, 6.45) is 9.16. The van der Waals surface area contributed by atoms with Crippen molar-refractivity contribution in [2.75, 3.05) is 11.9 Å². The fraction of sp³-hybridized carbons (Fsp3) is 0.292. The van der Waals surface area contributed by atoms with Gasteiger partial charge in [-0.3, -0.25) is 9.48 Å². The van der Waals surface area contributed by atoms with E-state index in [2.05, 4.69) is 46.6 Å². The van der Waals surface area contributed by atoms with E-state index in [-0.39, 0.29) is 5.91 Å². The molecule has 1 aliphatic rings. The number of ether oxygens (including phenoxy) is 1. The van der Waals surface area contributed by atoms with Gasteiger partial charge in [-0.05, 0) is 55.9 Å². The van der Waals surface area contributed by atoms with Crippen molar-refractivity contribution in [3.05, 3.63) is 77.8 Å². The molecule has 2 heterocycles. The number of rotatable bonds is 7. The van der Waals surface area contributed by atoms with Crippen LogP contribution >= 0.6 is 0 Å². The van der Waals surface area contributed by atoms with Crippen molar-refractivity contribution >= 4 is 17.2 Å². The summed E-state index contributed by atoms with van der Waals surface area (Å²) in [5.74, 6) is 0.483. The summed E-state index contributed by atoms with van der Waals surface area (Å²) in [5, 5.41) is 7.13. The number of pyridine rings is 1. The maximum absolute atomic E-state index is 13.0. The number of carbonyl (C=O) groups excluding carboxylic acids is 1. The number of aryl methyl sites for hydroxylation is 1. The lowest BCUT2D eigenvalue weighted by molar-refractivity contribution is -0.113. The third-order valence-corrected chi connectivity index (χ3v) is 5.27. The Morgan fingerprint density at radius 3 is 2.70 bits per heavy atom. The number of benzene rings is 1. The third-order valence-electron chi connectivity index (χ3n) is 5.27. The van der Waals surface area contributed by atoms with Gasteiger partial charge in [0.15, 0.2) is 0 Å². The maximum atomic E-state index is 13.0. The van der Waals surface area contributed by atoms with E-state index in [1.54, 1.807) is 23.1 Å². The van der Waals surface area contributed by atoms with Crippen LogP contribution in [0.2, 0.25) is 0 Å². The summed E-state index contributed by atoms with van der Waals surface area (Å²) in [4.78, 5) is 17.3. The molecule has 1 amide bonds. The lowest BCUT2D eigenvalue weighted by Gasteiger charge is -2.20. The minimum atomic E-state index is -0.0422. The standard InChI is InChI=1S/C24H26N4O2/c1-18-7-9-19(10-8-18)21-5-2-3-6-22(21)24(29)27-20-11-12-23(25-17-20)30-16-15-28-14-4-13-26-28/h4,7-14,17H,2-3,5-6,15-16H2,1H3,(H,27,29). The van der Waals surface area contributed by atoms with Gasteiger partial charge in [0.2, 0.25) is 5.88 Å². The molecule has 1 aromatic carbocycles. The Morgan fingerprint density at radius 1 is 1.13 bits per heavy atom. The third kappa shape index (κ3) is 4.95. The zero-order chi connectivity index (χ0) is 20.8. The molecule has 0 unspecified atom stereocenters. The van der Waals surface area contributed by atoms with Crippen LogP contribution in [0.1, 0.15) is 36.8 Å². The van der Waals surface area contributed by atoms with E-state index in [4.69, 9.17) is 4.74 Å². The molecule has 30 heavy (non-hydrogen) atoms. The second-order valence-corrected chi connectivity index (χ2v) is 7.49. The van der Waals surface area contributed by atoms with Crippen molar-refractivity contribution in [2.45, 2.75) is 39.2 Å². The number of hydrogen-bond acceptors (Lipinski definition) is 4. The summed E-state index contributed by atoms with van der Waals surface area (Å²) in [5.41, 5.74) is 5.07. The molecule has 154 valence electrons. The van der Waals surface area contributed by atoms with Crippen LogP contribution in [0.15, 0.2) is 66.6 Å². The molecule has 0 saturated heterocycles. The van der Waals surface area contributed by atoms with Crippen LogP contribution in [0.5, 0.6) is 5.88 Å². The van der Waals surface area contributed by atoms with Gasteiger partial charge in [0.05, 0.1) is 18.4 Å². The molecule has 0 saturated carbocycles. The summed E-state index contributed by atoms with van der Waals surface area (Å²) < 4.78 is 7.45. The molecule has 4 rings (SSSR count). The van der Waals surface area contributed by atoms with Gasteiger partial charge in [-0.2, -0.15) is 5.10 Å². The number of allylic oxidation sites excluding steroid dienone is 1. The molecule has 0 atom stereocenters. The zero-order valence-electron chi connectivity index (χ0n) is 17.2. The maximum Gasteiger partial charge on any atom is 0.251 e. The van der Waals surface area contributed by atoms with E-state index in [1.807, 2.05) is 18.3 Å². The van der Waals surface area contributed by atoms with Crippen LogP contribution in [0.3, 0.4) is 0 Å². The Kier molecular flexibility index (Phi) is 6.23. The summed E-state index contributed by atoms with van der Waals surface area (Å²) in [7, 11) is 0. The Labute approximate surface area is 176 Å². The van der Waals surface area contributed by atoms with Gasteiger partial charge in [-0.1, -0.05) is 29.8 Å². The van der Waals surface area contributed by atoms with Gasteiger partial charge in [0.25, 0.3) is 5.91 Å². The van der Waals surface area contributed by atoms with E-state index >= 15 is 0 Å². The van der Waals surface area contributed by atoms with Crippen molar-refractivity contribution < 1.29 is 9.53 Å². The fourth-order valence-electron chi connectivity index (χ4n) is 3.65. The van der Waals surface area contributed by atoms with Crippen molar-refractivity contribution in [2.24, 2.45) is 0 Å². The predicted molar refractivity (Wildman–Crippen MR) is 117 cm³/mol. The Hall–Kier alpha value is -3.41. The highest BCUT2D eigenvalue weighted by Crippen LogP contribution is 2.33. The second-order valence-electron chi connectivity index (χ2n) is 7.49. The van der Waals surface area contributed by atoms with Gasteiger partial charge in [0, 0.05) is 24.0 Å². The Morgan fingerprint density at radius 2 is 1.97 bits per heavy atom. The molecular weight excluding hydrogens is 376 g/mol. The average molecular weight is 402 g/mol. The second kappa shape index (κ2) is 9.39. The van der Waals surface area contributed by atoms with Crippen LogP contribution in [0.25, 0.3) is 5.57 Å². The van der Waals surface area contributed by atoms with Gasteiger partial charge < -0.3 is 10.1 Å². The first-order valence-electron chi connectivity index (χ1n) is 10.4. The molecule has 1 aliphatic carbocycles. The number of nitrogens with one attached hydrogen (secondary N) is 1. The van der Waals surface area contributed by atoms with Crippen LogP contribution in [0, 0.1) is 6.92 Å². The normalized spacial score (nSPS) is 13.9. The van der Waals surface area contributed by atoms with E-state index < -0.39 is 0 Å². The molecule has 1 N–H and O–H groups in total. The number of amides is 1. The van der Waals surface area contributed by atoms with Crippen LogP contribution < -0.4 is 10.1 Å². The van der Waals surface area contributed by atoms with Crippen molar-refractivity contribution in [1.29, 1.82) is 0 Å². The van der Waals surface area contributed by atoms with E-state index in [1.165, 1.54) is 5.56 Å². The van der Waals surface area contributed by atoms with Crippen LogP contribution in [0.4, 0.5) is 5.69 Å². The summed E-state index contributed by atoms with van der Waals surface area (Å²) in [6.45, 7) is 3.21. The van der Waals surface area contributed by atoms with Gasteiger partial charge in [-0.25, -0.2) is 4.98 Å².